The van der Waals surface area contributed by atoms with Gasteiger partial charge in [0.05, 0.1) is 5.56 Å². The number of aromatic nitrogens is 1. The van der Waals surface area contributed by atoms with Crippen LogP contribution in [-0.4, -0.2) is 10.8 Å². The Labute approximate surface area is 123 Å². The smallest absolute Gasteiger partial charge is 0.200 e. The summed E-state index contributed by atoms with van der Waals surface area (Å²) in [4.78, 5) is 27.7. The maximum absolute atomic E-state index is 12.4. The number of hydrogen-bond donors (Lipinski definition) is 1. The Morgan fingerprint density at radius 3 is 2.45 bits per heavy atom. The summed E-state index contributed by atoms with van der Waals surface area (Å²) in [5, 5.41) is 0.524. The third kappa shape index (κ3) is 2.18. The van der Waals surface area contributed by atoms with Crippen LogP contribution in [0.3, 0.4) is 0 Å². The zero-order valence-electron chi connectivity index (χ0n) is 10.4. The maximum atomic E-state index is 12.4. The van der Waals surface area contributed by atoms with E-state index in [-0.39, 0.29) is 16.8 Å². The van der Waals surface area contributed by atoms with Crippen LogP contribution < -0.4 is 5.43 Å². The number of H-pyrrole nitrogens is 1. The molecule has 0 aliphatic carbocycles. The molecular formula is C16H10BrNO2. The van der Waals surface area contributed by atoms with Crippen LogP contribution in [0.5, 0.6) is 0 Å². The van der Waals surface area contributed by atoms with E-state index in [0.29, 0.717) is 10.9 Å². The average molecular weight is 328 g/mol. The molecule has 3 nitrogen and oxygen atoms in total. The number of ketones is 1. The number of benzene rings is 2. The maximum Gasteiger partial charge on any atom is 0.200 e. The van der Waals surface area contributed by atoms with Gasteiger partial charge >= 0.3 is 0 Å². The number of para-hydroxylation sites is 1. The van der Waals surface area contributed by atoms with E-state index in [1.807, 2.05) is 12.1 Å². The second-order valence-corrected chi connectivity index (χ2v) is 5.33. The number of nitrogens with one attached hydrogen (secondary N) is 1. The van der Waals surface area contributed by atoms with Gasteiger partial charge in [0.15, 0.2) is 5.78 Å². The molecule has 0 saturated carbocycles. The molecule has 0 aliphatic heterocycles. The quantitative estimate of drug-likeness (QED) is 0.732. The number of carbonyl (C=O) groups is 1. The minimum Gasteiger partial charge on any atom is -0.360 e. The van der Waals surface area contributed by atoms with Crippen molar-refractivity contribution in [3.05, 3.63) is 80.6 Å². The third-order valence-electron chi connectivity index (χ3n) is 3.14. The van der Waals surface area contributed by atoms with Gasteiger partial charge in [-0.2, -0.15) is 0 Å². The van der Waals surface area contributed by atoms with Crippen molar-refractivity contribution in [2.24, 2.45) is 0 Å². The summed E-state index contributed by atoms with van der Waals surface area (Å²) in [6.45, 7) is 0. The highest BCUT2D eigenvalue weighted by molar-refractivity contribution is 9.10. The lowest BCUT2D eigenvalue weighted by atomic mass is 10.0. The van der Waals surface area contributed by atoms with E-state index in [4.69, 9.17) is 0 Å². The van der Waals surface area contributed by atoms with Gasteiger partial charge in [-0.25, -0.2) is 0 Å². The summed E-state index contributed by atoms with van der Waals surface area (Å²) in [7, 11) is 0. The SMILES string of the molecule is O=C(c1ccc(Br)cc1)c1c[nH]c2ccccc2c1=O. The van der Waals surface area contributed by atoms with E-state index in [1.54, 1.807) is 36.4 Å². The summed E-state index contributed by atoms with van der Waals surface area (Å²) in [6, 6.07) is 14.1. The first-order valence-electron chi connectivity index (χ1n) is 6.07. The Bertz CT molecular complexity index is 850. The fourth-order valence-corrected chi connectivity index (χ4v) is 2.36. The molecule has 3 rings (SSSR count). The average Bonchev–Trinajstić information content (AvgIpc) is 2.48. The second-order valence-electron chi connectivity index (χ2n) is 4.41. The molecule has 1 aromatic heterocycles. The molecule has 0 bridgehead atoms. The largest absolute Gasteiger partial charge is 0.360 e. The van der Waals surface area contributed by atoms with Gasteiger partial charge in [-0.1, -0.05) is 28.1 Å². The number of carbonyl (C=O) groups excluding carboxylic acids is 1. The molecule has 0 radical (unpaired) electrons. The van der Waals surface area contributed by atoms with Crippen LogP contribution in [0, 0.1) is 0 Å². The molecule has 0 saturated heterocycles. The topological polar surface area (TPSA) is 49.9 Å². The lowest BCUT2D eigenvalue weighted by Gasteiger charge is -2.03. The van der Waals surface area contributed by atoms with E-state index in [0.717, 1.165) is 9.99 Å². The minimum atomic E-state index is -0.274. The van der Waals surface area contributed by atoms with Crippen molar-refractivity contribution in [1.82, 2.24) is 4.98 Å². The van der Waals surface area contributed by atoms with E-state index < -0.39 is 0 Å². The number of halogens is 1. The molecule has 98 valence electrons. The lowest BCUT2D eigenvalue weighted by molar-refractivity contribution is 0.103. The van der Waals surface area contributed by atoms with E-state index in [1.165, 1.54) is 6.20 Å². The van der Waals surface area contributed by atoms with Gasteiger partial charge in [0.1, 0.15) is 0 Å². The molecule has 0 aliphatic rings. The normalized spacial score (nSPS) is 10.7. The molecule has 2 aromatic carbocycles. The summed E-state index contributed by atoms with van der Waals surface area (Å²) in [6.07, 6.45) is 1.48. The fraction of sp³-hybridized carbons (Fsp3) is 0. The lowest BCUT2D eigenvalue weighted by Crippen LogP contribution is -2.16. The second kappa shape index (κ2) is 5.06. The van der Waals surface area contributed by atoms with Gasteiger partial charge in [-0.05, 0) is 36.4 Å². The Kier molecular flexibility index (Phi) is 3.24. The molecule has 0 spiro atoms. The van der Waals surface area contributed by atoms with Crippen LogP contribution in [0.1, 0.15) is 15.9 Å². The highest BCUT2D eigenvalue weighted by Gasteiger charge is 2.14. The van der Waals surface area contributed by atoms with Crippen LogP contribution in [0.2, 0.25) is 0 Å². The molecule has 4 heteroatoms. The molecule has 3 aromatic rings. The van der Waals surface area contributed by atoms with Crippen molar-refractivity contribution in [2.75, 3.05) is 0 Å². The molecule has 20 heavy (non-hydrogen) atoms. The molecule has 0 atom stereocenters. The van der Waals surface area contributed by atoms with Crippen LogP contribution >= 0.6 is 15.9 Å². The minimum absolute atomic E-state index is 0.158. The predicted octanol–water partition coefficient (Wildman–Crippen LogP) is 3.52. The van der Waals surface area contributed by atoms with Crippen molar-refractivity contribution in [1.29, 1.82) is 0 Å². The van der Waals surface area contributed by atoms with Crippen LogP contribution in [0.4, 0.5) is 0 Å². The van der Waals surface area contributed by atoms with Crippen molar-refractivity contribution >= 4 is 32.6 Å². The van der Waals surface area contributed by atoms with E-state index in [9.17, 15) is 9.59 Å². The van der Waals surface area contributed by atoms with Crippen molar-refractivity contribution < 1.29 is 4.79 Å². The Morgan fingerprint density at radius 1 is 1.00 bits per heavy atom. The Hall–Kier alpha value is -2.20. The summed E-state index contributed by atoms with van der Waals surface area (Å²) in [5.74, 6) is -0.274. The van der Waals surface area contributed by atoms with Crippen molar-refractivity contribution in [2.45, 2.75) is 0 Å². The van der Waals surface area contributed by atoms with Gasteiger partial charge in [0.2, 0.25) is 5.43 Å². The number of hydrogen-bond acceptors (Lipinski definition) is 2. The highest BCUT2D eigenvalue weighted by Crippen LogP contribution is 2.14. The van der Waals surface area contributed by atoms with Gasteiger partial charge in [0, 0.05) is 27.1 Å². The van der Waals surface area contributed by atoms with E-state index in [2.05, 4.69) is 20.9 Å². The van der Waals surface area contributed by atoms with Crippen molar-refractivity contribution in [3.63, 3.8) is 0 Å². The first-order chi connectivity index (χ1) is 9.66. The van der Waals surface area contributed by atoms with E-state index >= 15 is 0 Å². The number of pyridine rings is 1. The Morgan fingerprint density at radius 2 is 1.70 bits per heavy atom. The molecule has 0 unspecified atom stereocenters. The number of aromatic amines is 1. The van der Waals surface area contributed by atoms with Gasteiger partial charge in [0.25, 0.3) is 0 Å². The third-order valence-corrected chi connectivity index (χ3v) is 3.67. The zero-order valence-corrected chi connectivity index (χ0v) is 12.0. The van der Waals surface area contributed by atoms with Crippen LogP contribution in [-0.2, 0) is 0 Å². The van der Waals surface area contributed by atoms with Gasteiger partial charge in [-0.15, -0.1) is 0 Å². The monoisotopic (exact) mass is 327 g/mol. The Balaban J connectivity index is 2.15. The van der Waals surface area contributed by atoms with Crippen LogP contribution in [0.15, 0.2) is 64.0 Å². The first-order valence-corrected chi connectivity index (χ1v) is 6.87. The zero-order chi connectivity index (χ0) is 14.1. The molecule has 1 N–H and O–H groups in total. The van der Waals surface area contributed by atoms with Crippen LogP contribution in [0.25, 0.3) is 10.9 Å². The number of rotatable bonds is 2. The highest BCUT2D eigenvalue weighted by atomic mass is 79.9. The summed E-state index contributed by atoms with van der Waals surface area (Å²) < 4.78 is 0.890. The summed E-state index contributed by atoms with van der Waals surface area (Å²) in [5.41, 5.74) is 1.14. The number of fused-ring (bicyclic) bond motifs is 1. The van der Waals surface area contributed by atoms with Gasteiger partial charge in [-0.3, -0.25) is 9.59 Å². The molecule has 0 amide bonds. The molecule has 0 fully saturated rings. The fourth-order valence-electron chi connectivity index (χ4n) is 2.09. The van der Waals surface area contributed by atoms with Gasteiger partial charge < -0.3 is 4.98 Å². The predicted molar refractivity (Wildman–Crippen MR) is 82.1 cm³/mol. The first kappa shape index (κ1) is 12.8. The molecule has 1 heterocycles. The summed E-state index contributed by atoms with van der Waals surface area (Å²) >= 11 is 3.32. The molecular weight excluding hydrogens is 318 g/mol. The van der Waals surface area contributed by atoms with Crippen molar-refractivity contribution in [3.8, 4) is 0 Å². The standard InChI is InChI=1S/C16H10BrNO2/c17-11-7-5-10(6-8-11)15(19)13-9-18-14-4-2-1-3-12(14)16(13)20/h1-9H,(H,18,20).